The average molecular weight is 301 g/mol. The second-order valence-corrected chi connectivity index (χ2v) is 4.88. The Bertz CT molecular complexity index is 782. The van der Waals surface area contributed by atoms with Gasteiger partial charge in [0.15, 0.2) is 11.6 Å². The standard InChI is InChI=1S/C17H13F2NO2/c1-11-8-17(20-22-11)13-3-5-14(6-4-13)21-10-12-2-7-15(18)16(19)9-12/h2-9H,10H2,1H3. The van der Waals surface area contributed by atoms with Crippen molar-refractivity contribution in [3.8, 4) is 17.0 Å². The van der Waals surface area contributed by atoms with Crippen LogP contribution in [0, 0.1) is 18.6 Å². The maximum Gasteiger partial charge on any atom is 0.159 e. The fourth-order valence-electron chi connectivity index (χ4n) is 2.02. The van der Waals surface area contributed by atoms with Gasteiger partial charge in [-0.3, -0.25) is 0 Å². The van der Waals surface area contributed by atoms with E-state index in [1.54, 1.807) is 12.1 Å². The van der Waals surface area contributed by atoms with Crippen molar-refractivity contribution in [2.24, 2.45) is 0 Å². The van der Waals surface area contributed by atoms with Crippen LogP contribution >= 0.6 is 0 Å². The molecule has 3 nitrogen and oxygen atoms in total. The smallest absolute Gasteiger partial charge is 0.159 e. The second-order valence-electron chi connectivity index (χ2n) is 4.88. The Hall–Kier alpha value is -2.69. The summed E-state index contributed by atoms with van der Waals surface area (Å²) in [6.07, 6.45) is 0. The molecule has 0 aliphatic heterocycles. The highest BCUT2D eigenvalue weighted by Crippen LogP contribution is 2.22. The molecule has 112 valence electrons. The summed E-state index contributed by atoms with van der Waals surface area (Å²) in [5.74, 6) is -0.365. The van der Waals surface area contributed by atoms with Crippen molar-refractivity contribution in [1.29, 1.82) is 0 Å². The van der Waals surface area contributed by atoms with Crippen molar-refractivity contribution in [3.63, 3.8) is 0 Å². The van der Waals surface area contributed by atoms with Gasteiger partial charge in [-0.25, -0.2) is 8.78 Å². The first-order valence-electron chi connectivity index (χ1n) is 6.72. The molecular weight excluding hydrogens is 288 g/mol. The third-order valence-corrected chi connectivity index (χ3v) is 3.17. The van der Waals surface area contributed by atoms with Crippen LogP contribution in [0.4, 0.5) is 8.78 Å². The third kappa shape index (κ3) is 3.14. The minimum Gasteiger partial charge on any atom is -0.489 e. The number of rotatable bonds is 4. The van der Waals surface area contributed by atoms with Crippen molar-refractivity contribution in [2.45, 2.75) is 13.5 Å². The molecule has 0 spiro atoms. The minimum absolute atomic E-state index is 0.166. The topological polar surface area (TPSA) is 35.3 Å². The van der Waals surface area contributed by atoms with Crippen molar-refractivity contribution in [1.82, 2.24) is 5.16 Å². The molecule has 0 aliphatic carbocycles. The number of aryl methyl sites for hydroxylation is 1. The van der Waals surface area contributed by atoms with Crippen LogP contribution in [0.5, 0.6) is 5.75 Å². The summed E-state index contributed by atoms with van der Waals surface area (Å²) < 4.78 is 36.5. The Labute approximate surface area is 126 Å². The van der Waals surface area contributed by atoms with Gasteiger partial charge < -0.3 is 9.26 Å². The van der Waals surface area contributed by atoms with E-state index in [-0.39, 0.29) is 6.61 Å². The van der Waals surface area contributed by atoms with Crippen LogP contribution in [0.25, 0.3) is 11.3 Å². The molecule has 0 aliphatic rings. The Morgan fingerprint density at radius 1 is 1.00 bits per heavy atom. The van der Waals surface area contributed by atoms with E-state index in [2.05, 4.69) is 5.16 Å². The number of benzene rings is 2. The molecule has 0 N–H and O–H groups in total. The van der Waals surface area contributed by atoms with E-state index in [1.807, 2.05) is 25.1 Å². The van der Waals surface area contributed by atoms with Crippen molar-refractivity contribution in [3.05, 3.63) is 71.5 Å². The lowest BCUT2D eigenvalue weighted by Gasteiger charge is -2.07. The molecule has 0 saturated carbocycles. The molecule has 22 heavy (non-hydrogen) atoms. The molecule has 0 radical (unpaired) electrons. The van der Waals surface area contributed by atoms with Gasteiger partial charge in [-0.1, -0.05) is 11.2 Å². The molecule has 3 aromatic rings. The first-order valence-corrected chi connectivity index (χ1v) is 6.72. The lowest BCUT2D eigenvalue weighted by molar-refractivity contribution is 0.305. The summed E-state index contributed by atoms with van der Waals surface area (Å²) in [6, 6.07) is 12.8. The van der Waals surface area contributed by atoms with E-state index in [0.717, 1.165) is 29.2 Å². The van der Waals surface area contributed by atoms with E-state index in [4.69, 9.17) is 9.26 Å². The lowest BCUT2D eigenvalue weighted by atomic mass is 10.1. The van der Waals surface area contributed by atoms with Gasteiger partial charge in [0.2, 0.25) is 0 Å². The molecule has 0 saturated heterocycles. The van der Waals surface area contributed by atoms with Gasteiger partial charge in [0.25, 0.3) is 0 Å². The Balaban J connectivity index is 1.67. The first-order chi connectivity index (χ1) is 10.6. The number of hydrogen-bond acceptors (Lipinski definition) is 3. The molecule has 0 amide bonds. The van der Waals surface area contributed by atoms with E-state index in [9.17, 15) is 8.78 Å². The van der Waals surface area contributed by atoms with Gasteiger partial charge in [-0.15, -0.1) is 0 Å². The highest BCUT2D eigenvalue weighted by atomic mass is 19.2. The SMILES string of the molecule is Cc1cc(-c2ccc(OCc3ccc(F)c(F)c3)cc2)no1. The van der Waals surface area contributed by atoms with Crippen LogP contribution in [0.1, 0.15) is 11.3 Å². The van der Waals surface area contributed by atoms with E-state index in [1.165, 1.54) is 6.07 Å². The van der Waals surface area contributed by atoms with Crippen LogP contribution in [-0.4, -0.2) is 5.16 Å². The molecule has 0 atom stereocenters. The number of hydrogen-bond donors (Lipinski definition) is 0. The number of halogens is 2. The zero-order chi connectivity index (χ0) is 15.5. The van der Waals surface area contributed by atoms with Crippen molar-refractivity contribution < 1.29 is 18.0 Å². The van der Waals surface area contributed by atoms with E-state index >= 15 is 0 Å². The molecule has 0 fully saturated rings. The third-order valence-electron chi connectivity index (χ3n) is 3.17. The number of nitrogens with zero attached hydrogens (tertiary/aromatic N) is 1. The normalized spacial score (nSPS) is 10.7. The lowest BCUT2D eigenvalue weighted by Crippen LogP contribution is -1.97. The van der Waals surface area contributed by atoms with Crippen molar-refractivity contribution in [2.75, 3.05) is 0 Å². The van der Waals surface area contributed by atoms with Gasteiger partial charge in [-0.2, -0.15) is 0 Å². The van der Waals surface area contributed by atoms with Crippen LogP contribution in [0.3, 0.4) is 0 Å². The predicted molar refractivity (Wildman–Crippen MR) is 77.4 cm³/mol. The molecule has 0 unspecified atom stereocenters. The maximum atomic E-state index is 13.1. The maximum absolute atomic E-state index is 13.1. The predicted octanol–water partition coefficient (Wildman–Crippen LogP) is 4.51. The van der Waals surface area contributed by atoms with E-state index in [0.29, 0.717) is 11.3 Å². The Kier molecular flexibility index (Phi) is 3.87. The quantitative estimate of drug-likeness (QED) is 0.711. The zero-order valence-electron chi connectivity index (χ0n) is 11.8. The second kappa shape index (κ2) is 5.97. The summed E-state index contributed by atoms with van der Waals surface area (Å²) in [6.45, 7) is 2.00. The molecule has 2 aromatic carbocycles. The van der Waals surface area contributed by atoms with Gasteiger partial charge in [0, 0.05) is 11.6 Å². The fourth-order valence-corrected chi connectivity index (χ4v) is 2.02. The van der Waals surface area contributed by atoms with Gasteiger partial charge in [0.1, 0.15) is 23.8 Å². The average Bonchev–Trinajstić information content (AvgIpc) is 2.95. The molecule has 1 heterocycles. The molecule has 5 heteroatoms. The van der Waals surface area contributed by atoms with Crippen LogP contribution < -0.4 is 4.74 Å². The Morgan fingerprint density at radius 2 is 1.77 bits per heavy atom. The number of aromatic nitrogens is 1. The van der Waals surface area contributed by atoms with Gasteiger partial charge in [0.05, 0.1) is 0 Å². The molecule has 1 aromatic heterocycles. The summed E-state index contributed by atoms with van der Waals surface area (Å²) in [5, 5.41) is 3.93. The summed E-state index contributed by atoms with van der Waals surface area (Å²) in [4.78, 5) is 0. The van der Waals surface area contributed by atoms with Crippen molar-refractivity contribution >= 4 is 0 Å². The van der Waals surface area contributed by atoms with Gasteiger partial charge >= 0.3 is 0 Å². The molecule has 0 bridgehead atoms. The zero-order valence-corrected chi connectivity index (χ0v) is 11.8. The molecular formula is C17H13F2NO2. The summed E-state index contributed by atoms with van der Waals surface area (Å²) >= 11 is 0. The van der Waals surface area contributed by atoms with E-state index < -0.39 is 11.6 Å². The number of ether oxygens (including phenoxy) is 1. The highest BCUT2D eigenvalue weighted by Gasteiger charge is 2.05. The molecule has 3 rings (SSSR count). The largest absolute Gasteiger partial charge is 0.489 e. The highest BCUT2D eigenvalue weighted by molar-refractivity contribution is 5.59. The Morgan fingerprint density at radius 3 is 2.41 bits per heavy atom. The monoisotopic (exact) mass is 301 g/mol. The van der Waals surface area contributed by atoms with Gasteiger partial charge in [-0.05, 0) is 48.9 Å². The summed E-state index contributed by atoms with van der Waals surface area (Å²) in [5.41, 5.74) is 2.23. The van der Waals surface area contributed by atoms with Crippen LogP contribution in [0.2, 0.25) is 0 Å². The fraction of sp³-hybridized carbons (Fsp3) is 0.118. The first kappa shape index (κ1) is 14.3. The summed E-state index contributed by atoms with van der Waals surface area (Å²) in [7, 11) is 0. The van der Waals surface area contributed by atoms with Crippen LogP contribution in [0.15, 0.2) is 53.1 Å². The minimum atomic E-state index is -0.877. The van der Waals surface area contributed by atoms with Crippen LogP contribution in [-0.2, 0) is 6.61 Å².